The van der Waals surface area contributed by atoms with Crippen molar-refractivity contribution < 1.29 is 9.53 Å². The second-order valence-corrected chi connectivity index (χ2v) is 9.91. The fourth-order valence-electron chi connectivity index (χ4n) is 5.33. The van der Waals surface area contributed by atoms with Gasteiger partial charge in [-0.15, -0.1) is 0 Å². The molecule has 3 aromatic rings. The number of nitriles is 1. The van der Waals surface area contributed by atoms with E-state index >= 15 is 0 Å². The molecule has 0 heterocycles. The van der Waals surface area contributed by atoms with Gasteiger partial charge in [-0.05, 0) is 84.8 Å². The van der Waals surface area contributed by atoms with Crippen molar-refractivity contribution in [3.05, 3.63) is 101 Å². The fraction of sp³-hybridized carbons (Fsp3) is 0.375. The molecule has 0 saturated heterocycles. The van der Waals surface area contributed by atoms with Crippen LogP contribution in [-0.2, 0) is 6.54 Å². The molecule has 5 nitrogen and oxygen atoms in total. The quantitative estimate of drug-likeness (QED) is 0.319. The van der Waals surface area contributed by atoms with Crippen molar-refractivity contribution in [2.75, 3.05) is 19.7 Å². The third-order valence-corrected chi connectivity index (χ3v) is 7.28. The molecule has 1 amide bonds. The molecular weight excluding hydrogens is 458 g/mol. The molecular formula is C32H35N3O2. The summed E-state index contributed by atoms with van der Waals surface area (Å²) in [6, 6.07) is 29.6. The van der Waals surface area contributed by atoms with Gasteiger partial charge in [-0.3, -0.25) is 9.69 Å². The minimum Gasteiger partial charge on any atom is -0.494 e. The normalized spacial score (nSPS) is 14.5. The molecule has 0 aromatic heterocycles. The molecule has 1 saturated carbocycles. The predicted molar refractivity (Wildman–Crippen MR) is 145 cm³/mol. The Morgan fingerprint density at radius 3 is 2.62 bits per heavy atom. The van der Waals surface area contributed by atoms with Gasteiger partial charge in [0.1, 0.15) is 5.75 Å². The van der Waals surface area contributed by atoms with Gasteiger partial charge in [-0.2, -0.15) is 5.26 Å². The maximum Gasteiger partial charge on any atom is 0.248 e. The zero-order valence-electron chi connectivity index (χ0n) is 21.4. The van der Waals surface area contributed by atoms with Gasteiger partial charge in [-0.25, -0.2) is 0 Å². The number of carbonyl (C=O) groups excluding carboxylic acids is 1. The summed E-state index contributed by atoms with van der Waals surface area (Å²) >= 11 is 0. The van der Waals surface area contributed by atoms with Crippen molar-refractivity contribution in [2.24, 2.45) is 11.7 Å². The first-order chi connectivity index (χ1) is 18.1. The molecule has 5 heteroatoms. The highest BCUT2D eigenvalue weighted by Gasteiger charge is 2.27. The number of carbonyl (C=O) groups is 1. The van der Waals surface area contributed by atoms with Crippen LogP contribution in [0, 0.1) is 29.4 Å². The van der Waals surface area contributed by atoms with Crippen LogP contribution < -0.4 is 10.5 Å². The van der Waals surface area contributed by atoms with Crippen LogP contribution in [0.15, 0.2) is 66.7 Å². The van der Waals surface area contributed by atoms with Crippen LogP contribution in [0.4, 0.5) is 0 Å². The highest BCUT2D eigenvalue weighted by molar-refractivity contribution is 5.93. The molecule has 0 aliphatic heterocycles. The van der Waals surface area contributed by atoms with E-state index in [0.717, 1.165) is 26.1 Å². The topological polar surface area (TPSA) is 79.3 Å². The number of benzene rings is 2. The standard InChI is InChI=1S/C32H35N3O2/c33-22-25-15-17-26(18-16-25)23-35(19-8-20-37-30-14-7-13-29(21-30)32(34)36)24-31(27-9-3-1-4-10-27)28-11-5-2-6-12-28/h5,7,11-18,21,27,31H,1,3-4,8-10,19-20,23-24H2,(H2,34,36). The van der Waals surface area contributed by atoms with Gasteiger partial charge in [0.05, 0.1) is 18.2 Å². The summed E-state index contributed by atoms with van der Waals surface area (Å²) < 4.78 is 5.95. The van der Waals surface area contributed by atoms with Crippen LogP contribution in [0.25, 0.3) is 0 Å². The van der Waals surface area contributed by atoms with E-state index in [2.05, 4.69) is 47.4 Å². The van der Waals surface area contributed by atoms with E-state index in [1.807, 2.05) is 24.3 Å². The Kier molecular flexibility index (Phi) is 9.58. The summed E-state index contributed by atoms with van der Waals surface area (Å²) in [5.41, 5.74) is 9.07. The number of nitrogens with zero attached hydrogens (tertiary/aromatic N) is 2. The van der Waals surface area contributed by atoms with Crippen LogP contribution in [0.1, 0.15) is 71.5 Å². The SMILES string of the molecule is N#Cc1ccc(CN(CCCOc2cccc(C(N)=O)c2)CC(c2cc#ccc2)C2CCCCC2)cc1. The Morgan fingerprint density at radius 1 is 1.11 bits per heavy atom. The van der Waals surface area contributed by atoms with Gasteiger partial charge in [-0.1, -0.05) is 49.6 Å². The summed E-state index contributed by atoms with van der Waals surface area (Å²) in [7, 11) is 0. The monoisotopic (exact) mass is 493 g/mol. The minimum atomic E-state index is -0.455. The second-order valence-electron chi connectivity index (χ2n) is 9.91. The molecule has 1 aliphatic rings. The first kappa shape index (κ1) is 26.3. The van der Waals surface area contributed by atoms with Gasteiger partial charge in [0.2, 0.25) is 5.91 Å². The molecule has 1 unspecified atom stereocenters. The summed E-state index contributed by atoms with van der Waals surface area (Å²) in [5.74, 6) is 1.31. The number of hydrogen-bond donors (Lipinski definition) is 1. The number of ether oxygens (including phenoxy) is 1. The number of nitrogens with two attached hydrogens (primary N) is 1. The van der Waals surface area contributed by atoms with E-state index < -0.39 is 5.91 Å². The van der Waals surface area contributed by atoms with Crippen LogP contribution in [0.2, 0.25) is 0 Å². The summed E-state index contributed by atoms with van der Waals surface area (Å²) in [6.45, 7) is 3.20. The average molecular weight is 494 g/mol. The first-order valence-electron chi connectivity index (χ1n) is 13.2. The Labute approximate surface area is 220 Å². The maximum absolute atomic E-state index is 11.5. The summed E-state index contributed by atoms with van der Waals surface area (Å²) in [4.78, 5) is 14.0. The smallest absolute Gasteiger partial charge is 0.248 e. The molecule has 4 rings (SSSR count). The number of rotatable bonds is 12. The Hall–Kier alpha value is -3.80. The van der Waals surface area contributed by atoms with E-state index in [1.54, 1.807) is 18.2 Å². The Balaban J connectivity index is 1.45. The minimum absolute atomic E-state index is 0.442. The van der Waals surface area contributed by atoms with Gasteiger partial charge >= 0.3 is 0 Å². The van der Waals surface area contributed by atoms with Crippen molar-refractivity contribution in [1.29, 1.82) is 5.26 Å². The lowest BCUT2D eigenvalue weighted by molar-refractivity contribution is 0.0999. The van der Waals surface area contributed by atoms with Gasteiger partial charge in [0.25, 0.3) is 0 Å². The lowest BCUT2D eigenvalue weighted by Crippen LogP contribution is -2.33. The molecule has 3 aromatic carbocycles. The summed E-state index contributed by atoms with van der Waals surface area (Å²) in [5, 5.41) is 9.18. The van der Waals surface area contributed by atoms with Crippen molar-refractivity contribution in [3.8, 4) is 11.8 Å². The zero-order valence-corrected chi connectivity index (χ0v) is 21.4. The maximum atomic E-state index is 11.5. The van der Waals surface area contributed by atoms with E-state index in [-0.39, 0.29) is 0 Å². The molecule has 1 fully saturated rings. The van der Waals surface area contributed by atoms with Crippen molar-refractivity contribution in [2.45, 2.75) is 51.0 Å². The van der Waals surface area contributed by atoms with E-state index in [0.29, 0.717) is 35.3 Å². The number of hydrogen-bond acceptors (Lipinski definition) is 4. The third kappa shape index (κ3) is 7.84. The molecule has 1 atom stereocenters. The van der Waals surface area contributed by atoms with Crippen LogP contribution in [0.5, 0.6) is 5.75 Å². The lowest BCUT2D eigenvalue weighted by atomic mass is 9.76. The van der Waals surface area contributed by atoms with E-state index in [1.165, 1.54) is 43.2 Å². The number of primary amides is 1. The largest absolute Gasteiger partial charge is 0.494 e. The molecule has 190 valence electrons. The third-order valence-electron chi connectivity index (χ3n) is 7.28. The van der Waals surface area contributed by atoms with E-state index in [4.69, 9.17) is 10.5 Å². The van der Waals surface area contributed by atoms with Gasteiger partial charge in [0.15, 0.2) is 0 Å². The predicted octanol–water partition coefficient (Wildman–Crippen LogP) is 5.89. The molecule has 37 heavy (non-hydrogen) atoms. The highest BCUT2D eigenvalue weighted by atomic mass is 16.5. The summed E-state index contributed by atoms with van der Waals surface area (Å²) in [6.07, 6.45) is 7.33. The van der Waals surface area contributed by atoms with Gasteiger partial charge in [0, 0.05) is 31.1 Å². The molecule has 0 spiro atoms. The number of amides is 1. The van der Waals surface area contributed by atoms with Crippen molar-refractivity contribution in [1.82, 2.24) is 4.90 Å². The van der Waals surface area contributed by atoms with Crippen LogP contribution in [0.3, 0.4) is 0 Å². The molecule has 2 N–H and O–H groups in total. The Morgan fingerprint density at radius 2 is 1.92 bits per heavy atom. The first-order valence-corrected chi connectivity index (χ1v) is 13.2. The molecule has 0 bridgehead atoms. The molecule has 1 aliphatic carbocycles. The highest BCUT2D eigenvalue weighted by Crippen LogP contribution is 2.36. The fourth-order valence-corrected chi connectivity index (χ4v) is 5.33. The van der Waals surface area contributed by atoms with Gasteiger partial charge < -0.3 is 10.5 Å². The van der Waals surface area contributed by atoms with E-state index in [9.17, 15) is 10.1 Å². The Bertz CT molecular complexity index is 1160. The van der Waals surface area contributed by atoms with Crippen LogP contribution >= 0.6 is 0 Å². The van der Waals surface area contributed by atoms with Crippen molar-refractivity contribution in [3.63, 3.8) is 0 Å². The average Bonchev–Trinajstić information content (AvgIpc) is 2.95. The lowest BCUT2D eigenvalue weighted by Gasteiger charge is -2.35. The van der Waals surface area contributed by atoms with Crippen molar-refractivity contribution >= 4 is 5.91 Å². The van der Waals surface area contributed by atoms with Crippen LogP contribution in [-0.4, -0.2) is 30.5 Å². The second kappa shape index (κ2) is 13.5. The zero-order chi connectivity index (χ0) is 25.9. The molecule has 0 radical (unpaired) electrons.